The molecule has 0 heterocycles. The van der Waals surface area contributed by atoms with E-state index in [9.17, 15) is 14.4 Å². The quantitative estimate of drug-likeness (QED) is 0.318. The molecule has 0 aliphatic rings. The van der Waals surface area contributed by atoms with E-state index in [2.05, 4.69) is 27.9 Å². The summed E-state index contributed by atoms with van der Waals surface area (Å²) in [6.07, 6.45) is 1.01. The summed E-state index contributed by atoms with van der Waals surface area (Å²) in [6.45, 7) is 6.12. The fourth-order valence-electron chi connectivity index (χ4n) is 1.52. The molecule has 0 N–H and O–H groups in total. The summed E-state index contributed by atoms with van der Waals surface area (Å²) in [5.41, 5.74) is -1.15. The second-order valence-corrected chi connectivity index (χ2v) is 3.96. The molecule has 0 amide bonds. The molecule has 0 aliphatic heterocycles. The normalized spacial score (nSPS) is 9.84. The van der Waals surface area contributed by atoms with Gasteiger partial charge in [0.1, 0.15) is 17.0 Å². The third-order valence-electron chi connectivity index (χ3n) is 2.78. The van der Waals surface area contributed by atoms with Crippen LogP contribution in [0, 0.1) is 17.3 Å². The van der Waals surface area contributed by atoms with E-state index in [4.69, 9.17) is 0 Å². The van der Waals surface area contributed by atoms with Gasteiger partial charge in [0.15, 0.2) is 6.61 Å². The SMILES string of the molecule is C=CCC(CC#CCOC(=O)OC)(C(C)=O)C(C)=O. The Balaban J connectivity index is 4.72. The van der Waals surface area contributed by atoms with Crippen LogP contribution in [0.25, 0.3) is 0 Å². The highest BCUT2D eigenvalue weighted by Gasteiger charge is 2.38. The van der Waals surface area contributed by atoms with Crippen molar-refractivity contribution in [1.82, 2.24) is 0 Å². The standard InChI is InChI=1S/C14H18O5/c1-5-8-14(11(2)15,12(3)16)9-6-7-10-19-13(17)18-4/h5H,1,8-10H2,2-4H3. The third kappa shape index (κ3) is 4.96. The molecule has 0 radical (unpaired) electrons. The Morgan fingerprint density at radius 1 is 1.21 bits per heavy atom. The lowest BCUT2D eigenvalue weighted by Gasteiger charge is -2.24. The number of hydrogen-bond donors (Lipinski definition) is 0. The summed E-state index contributed by atoms with van der Waals surface area (Å²) in [6, 6.07) is 0. The van der Waals surface area contributed by atoms with E-state index in [1.165, 1.54) is 27.0 Å². The maximum Gasteiger partial charge on any atom is 0.508 e. The highest BCUT2D eigenvalue weighted by molar-refractivity contribution is 6.05. The van der Waals surface area contributed by atoms with Crippen LogP contribution in [0.15, 0.2) is 12.7 Å². The first-order valence-corrected chi connectivity index (χ1v) is 5.70. The van der Waals surface area contributed by atoms with E-state index < -0.39 is 11.6 Å². The first kappa shape index (κ1) is 16.9. The second-order valence-electron chi connectivity index (χ2n) is 3.96. The average Bonchev–Trinajstić information content (AvgIpc) is 2.35. The number of hydrogen-bond acceptors (Lipinski definition) is 5. The smallest absolute Gasteiger partial charge is 0.438 e. The van der Waals surface area contributed by atoms with Crippen molar-refractivity contribution >= 4 is 17.7 Å². The molecule has 19 heavy (non-hydrogen) atoms. The van der Waals surface area contributed by atoms with Crippen LogP contribution >= 0.6 is 0 Å². The zero-order valence-corrected chi connectivity index (χ0v) is 11.4. The molecule has 0 aromatic heterocycles. The van der Waals surface area contributed by atoms with Crippen molar-refractivity contribution in [2.45, 2.75) is 26.7 Å². The van der Waals surface area contributed by atoms with Gasteiger partial charge in [-0.05, 0) is 20.3 Å². The molecule has 0 atom stereocenters. The summed E-state index contributed by atoms with van der Waals surface area (Å²) in [5.74, 6) is 4.75. The van der Waals surface area contributed by atoms with Crippen molar-refractivity contribution in [3.05, 3.63) is 12.7 Å². The average molecular weight is 266 g/mol. The van der Waals surface area contributed by atoms with Gasteiger partial charge in [0.05, 0.1) is 7.11 Å². The molecule has 0 rings (SSSR count). The van der Waals surface area contributed by atoms with Gasteiger partial charge in [0.2, 0.25) is 0 Å². The van der Waals surface area contributed by atoms with Crippen molar-refractivity contribution in [3.63, 3.8) is 0 Å². The van der Waals surface area contributed by atoms with Crippen molar-refractivity contribution in [3.8, 4) is 11.8 Å². The molecule has 5 nitrogen and oxygen atoms in total. The lowest BCUT2D eigenvalue weighted by Crippen LogP contribution is -2.35. The van der Waals surface area contributed by atoms with Gasteiger partial charge in [-0.25, -0.2) is 4.79 Å². The molecule has 0 spiro atoms. The van der Waals surface area contributed by atoms with Crippen LogP contribution in [0.5, 0.6) is 0 Å². The second kappa shape index (κ2) is 8.09. The Morgan fingerprint density at radius 3 is 2.21 bits per heavy atom. The number of ether oxygens (including phenoxy) is 2. The molecule has 0 saturated heterocycles. The minimum Gasteiger partial charge on any atom is -0.438 e. The lowest BCUT2D eigenvalue weighted by atomic mass is 9.75. The number of carbonyl (C=O) groups is 3. The fraction of sp³-hybridized carbons (Fsp3) is 0.500. The summed E-state index contributed by atoms with van der Waals surface area (Å²) < 4.78 is 8.82. The van der Waals surface area contributed by atoms with E-state index in [0.717, 1.165) is 0 Å². The Morgan fingerprint density at radius 2 is 1.79 bits per heavy atom. The van der Waals surface area contributed by atoms with Crippen molar-refractivity contribution < 1.29 is 23.9 Å². The summed E-state index contributed by atoms with van der Waals surface area (Å²) in [4.78, 5) is 34.0. The Bertz CT molecular complexity index is 411. The van der Waals surface area contributed by atoms with Crippen LogP contribution in [0.1, 0.15) is 26.7 Å². The van der Waals surface area contributed by atoms with Crippen LogP contribution in [0.4, 0.5) is 4.79 Å². The van der Waals surface area contributed by atoms with Gasteiger partial charge in [0, 0.05) is 6.42 Å². The zero-order chi connectivity index (χ0) is 14.9. The maximum atomic E-state index is 11.7. The first-order valence-electron chi connectivity index (χ1n) is 5.70. The van der Waals surface area contributed by atoms with Gasteiger partial charge >= 0.3 is 6.16 Å². The van der Waals surface area contributed by atoms with E-state index >= 15 is 0 Å². The molecule has 0 aromatic rings. The molecule has 0 fully saturated rings. The minimum atomic E-state index is -1.15. The number of carbonyl (C=O) groups excluding carboxylic acids is 3. The van der Waals surface area contributed by atoms with Gasteiger partial charge in [-0.3, -0.25) is 9.59 Å². The highest BCUT2D eigenvalue weighted by atomic mass is 16.7. The number of allylic oxidation sites excluding steroid dienone is 1. The van der Waals surface area contributed by atoms with Crippen molar-refractivity contribution in [2.75, 3.05) is 13.7 Å². The number of methoxy groups -OCH3 is 1. The predicted octanol–water partition coefficient (Wildman–Crippen LogP) is 1.90. The highest BCUT2D eigenvalue weighted by Crippen LogP contribution is 2.29. The monoisotopic (exact) mass is 266 g/mol. The first-order chi connectivity index (χ1) is 8.90. The van der Waals surface area contributed by atoms with Crippen LogP contribution in [0.3, 0.4) is 0 Å². The number of rotatable bonds is 6. The van der Waals surface area contributed by atoms with Crippen LogP contribution < -0.4 is 0 Å². The Kier molecular flexibility index (Phi) is 7.20. The van der Waals surface area contributed by atoms with Gasteiger partial charge in [0.25, 0.3) is 0 Å². The van der Waals surface area contributed by atoms with E-state index in [-0.39, 0.29) is 31.0 Å². The molecule has 0 saturated carbocycles. The maximum absolute atomic E-state index is 11.7. The Labute approximate surface area is 113 Å². The third-order valence-corrected chi connectivity index (χ3v) is 2.78. The summed E-state index contributed by atoms with van der Waals surface area (Å²) >= 11 is 0. The fourth-order valence-corrected chi connectivity index (χ4v) is 1.52. The van der Waals surface area contributed by atoms with Crippen LogP contribution in [-0.4, -0.2) is 31.4 Å². The molecule has 0 bridgehead atoms. The van der Waals surface area contributed by atoms with Crippen LogP contribution in [0.2, 0.25) is 0 Å². The largest absolute Gasteiger partial charge is 0.508 e. The van der Waals surface area contributed by atoms with Gasteiger partial charge in [-0.1, -0.05) is 17.9 Å². The molecule has 104 valence electrons. The summed E-state index contributed by atoms with van der Waals surface area (Å²) in [5, 5.41) is 0. The number of ketones is 2. The molecule has 0 unspecified atom stereocenters. The molecule has 0 aromatic carbocycles. The Hall–Kier alpha value is -2.09. The van der Waals surface area contributed by atoms with Gasteiger partial charge in [-0.15, -0.1) is 6.58 Å². The van der Waals surface area contributed by atoms with E-state index in [1.807, 2.05) is 0 Å². The molecular formula is C14H18O5. The number of Topliss-reactive ketones (excluding diaryl/α,β-unsaturated/α-hetero) is 2. The molecular weight excluding hydrogens is 248 g/mol. The summed E-state index contributed by atoms with van der Waals surface area (Å²) in [7, 11) is 1.19. The molecule has 5 heteroatoms. The molecule has 0 aliphatic carbocycles. The topological polar surface area (TPSA) is 69.7 Å². The van der Waals surface area contributed by atoms with Crippen molar-refractivity contribution in [1.29, 1.82) is 0 Å². The van der Waals surface area contributed by atoms with Crippen LogP contribution in [-0.2, 0) is 19.1 Å². The van der Waals surface area contributed by atoms with Crippen molar-refractivity contribution in [2.24, 2.45) is 5.41 Å². The van der Waals surface area contributed by atoms with E-state index in [0.29, 0.717) is 0 Å². The van der Waals surface area contributed by atoms with Gasteiger partial charge < -0.3 is 9.47 Å². The van der Waals surface area contributed by atoms with E-state index in [1.54, 1.807) is 0 Å². The minimum absolute atomic E-state index is 0.0776. The lowest BCUT2D eigenvalue weighted by molar-refractivity contribution is -0.137. The predicted molar refractivity (Wildman–Crippen MR) is 69.4 cm³/mol. The zero-order valence-electron chi connectivity index (χ0n) is 11.4. The van der Waals surface area contributed by atoms with Gasteiger partial charge in [-0.2, -0.15) is 0 Å².